The van der Waals surface area contributed by atoms with Gasteiger partial charge >= 0.3 is 0 Å². The molecule has 0 spiro atoms. The van der Waals surface area contributed by atoms with Gasteiger partial charge < -0.3 is 10.2 Å². The van der Waals surface area contributed by atoms with Gasteiger partial charge in [0.05, 0.1) is 16.6 Å². The van der Waals surface area contributed by atoms with Crippen LogP contribution in [0.5, 0.6) is 0 Å². The molecule has 1 aromatic carbocycles. The second kappa shape index (κ2) is 13.9. The first kappa shape index (κ1) is 37.2. The molecule has 6 aliphatic rings. The topological polar surface area (TPSA) is 94.9 Å². The van der Waals surface area contributed by atoms with E-state index in [4.69, 9.17) is 0 Å². The second-order valence-corrected chi connectivity index (χ2v) is 21.5. The second-order valence-electron chi connectivity index (χ2n) is 17.1. The summed E-state index contributed by atoms with van der Waals surface area (Å²) in [6.07, 6.45) is 9.38. The third-order valence-corrected chi connectivity index (χ3v) is 18.0. The molecule has 2 heterocycles. The summed E-state index contributed by atoms with van der Waals surface area (Å²) < 4.78 is 31.1. The first-order valence-electron chi connectivity index (χ1n) is 19.0. The molecule has 9 rings (SSSR count). The van der Waals surface area contributed by atoms with Gasteiger partial charge in [-0.1, -0.05) is 50.6 Å². The standard InChI is InChI=1S/C42H55NO5S3/c1-27-8-6-19-41(5)35(33-16-12-29(22-32(44)15-10-27)23-34(33)39(45)37-17-11-28(2)50-37)18-20-42(41,46)26-43(51(47,48)38-9-7-21-49-38)25-30-13-14-31-24-36(30)40(31,3)4/h7-9,11-12,16-17,21,23,30-32,35-36,44,46H,6,10,13-15,18-20,22,24-26H2,1-5H3/t30-,31-,32-,35-,36-,41-,42+/m0/s1. The van der Waals surface area contributed by atoms with E-state index >= 15 is 0 Å². The van der Waals surface area contributed by atoms with Crippen molar-refractivity contribution < 1.29 is 23.4 Å². The predicted octanol–water partition coefficient (Wildman–Crippen LogP) is 9.15. The normalized spacial score (nSPS) is 32.2. The minimum absolute atomic E-state index is 0.0271. The van der Waals surface area contributed by atoms with Crippen LogP contribution in [-0.2, 0) is 16.4 Å². The summed E-state index contributed by atoms with van der Waals surface area (Å²) in [5.41, 5.74) is 1.88. The molecule has 4 saturated carbocycles. The van der Waals surface area contributed by atoms with Gasteiger partial charge in [0.1, 0.15) is 4.21 Å². The molecule has 4 bridgehead atoms. The van der Waals surface area contributed by atoms with E-state index in [9.17, 15) is 23.4 Å². The lowest BCUT2D eigenvalue weighted by atomic mass is 9.45. The summed E-state index contributed by atoms with van der Waals surface area (Å²) in [6.45, 7) is 11.4. The van der Waals surface area contributed by atoms with E-state index in [-0.39, 0.29) is 29.6 Å². The molecule has 6 nitrogen and oxygen atoms in total. The molecule has 0 radical (unpaired) electrons. The van der Waals surface area contributed by atoms with Crippen LogP contribution in [0.25, 0.3) is 0 Å². The molecule has 0 amide bonds. The fraction of sp³-hybridized carbons (Fsp3) is 0.595. The number of hydrogen-bond donors (Lipinski definition) is 2. The van der Waals surface area contributed by atoms with Crippen LogP contribution >= 0.6 is 22.7 Å². The molecule has 0 unspecified atom stereocenters. The summed E-state index contributed by atoms with van der Waals surface area (Å²) >= 11 is 2.74. The Balaban J connectivity index is 1.30. The van der Waals surface area contributed by atoms with E-state index < -0.39 is 27.1 Å². The molecule has 0 saturated heterocycles. The number of aliphatic hydroxyl groups is 2. The summed E-state index contributed by atoms with van der Waals surface area (Å²) in [5.74, 6) is 1.26. The number of ketones is 1. The highest BCUT2D eigenvalue weighted by Crippen LogP contribution is 2.62. The number of aliphatic hydroxyl groups excluding tert-OH is 1. The average molecular weight is 750 g/mol. The summed E-state index contributed by atoms with van der Waals surface area (Å²) in [6, 6.07) is 13.4. The van der Waals surface area contributed by atoms with E-state index in [1.807, 2.05) is 36.6 Å². The first-order chi connectivity index (χ1) is 24.1. The van der Waals surface area contributed by atoms with Crippen molar-refractivity contribution in [3.05, 3.63) is 85.9 Å². The van der Waals surface area contributed by atoms with Gasteiger partial charge in [0.2, 0.25) is 5.78 Å². The highest BCUT2D eigenvalue weighted by atomic mass is 32.2. The fourth-order valence-electron chi connectivity index (χ4n) is 10.4. The first-order valence-corrected chi connectivity index (χ1v) is 22.1. The van der Waals surface area contributed by atoms with E-state index in [1.165, 1.54) is 28.2 Å². The van der Waals surface area contributed by atoms with Crippen molar-refractivity contribution in [2.75, 3.05) is 13.1 Å². The summed E-state index contributed by atoms with van der Waals surface area (Å²) in [5, 5.41) is 25.9. The van der Waals surface area contributed by atoms with Crippen molar-refractivity contribution in [2.24, 2.45) is 28.6 Å². The van der Waals surface area contributed by atoms with Crippen LogP contribution in [0.2, 0.25) is 0 Å². The molecule has 7 atom stereocenters. The number of nitrogens with zero attached hydrogens (tertiary/aromatic N) is 1. The smallest absolute Gasteiger partial charge is 0.252 e. The molecule has 51 heavy (non-hydrogen) atoms. The molecule has 0 aliphatic heterocycles. The molecular weight excluding hydrogens is 695 g/mol. The number of thiophene rings is 2. The molecular formula is C42H55NO5S3. The maximum absolute atomic E-state index is 14.5. The van der Waals surface area contributed by atoms with Gasteiger partial charge in [-0.25, -0.2) is 8.42 Å². The largest absolute Gasteiger partial charge is 0.393 e. The van der Waals surface area contributed by atoms with Crippen molar-refractivity contribution in [3.63, 3.8) is 0 Å². The average Bonchev–Trinajstić information content (AvgIpc) is 3.84. The maximum atomic E-state index is 14.5. The van der Waals surface area contributed by atoms with Crippen molar-refractivity contribution in [1.29, 1.82) is 0 Å². The van der Waals surface area contributed by atoms with Crippen molar-refractivity contribution in [1.82, 2.24) is 4.31 Å². The number of sulfonamides is 1. The lowest BCUT2D eigenvalue weighted by Gasteiger charge is -2.60. The number of benzene rings is 1. The zero-order valence-corrected chi connectivity index (χ0v) is 33.3. The van der Waals surface area contributed by atoms with Crippen LogP contribution in [0.3, 0.4) is 0 Å². The van der Waals surface area contributed by atoms with Crippen molar-refractivity contribution in [3.8, 4) is 0 Å². The Labute approximate surface area is 313 Å². The highest BCUT2D eigenvalue weighted by Gasteiger charge is 2.59. The molecule has 4 fully saturated rings. The molecule has 6 aliphatic carbocycles. The summed E-state index contributed by atoms with van der Waals surface area (Å²) in [4.78, 5) is 16.1. The molecule has 276 valence electrons. The number of fused-ring (bicyclic) bond motifs is 10. The van der Waals surface area contributed by atoms with Gasteiger partial charge in [-0.15, -0.1) is 22.7 Å². The van der Waals surface area contributed by atoms with Crippen LogP contribution < -0.4 is 0 Å². The third-order valence-electron chi connectivity index (χ3n) is 13.8. The molecule has 3 aromatic rings. The quantitative estimate of drug-likeness (QED) is 0.177. The lowest BCUT2D eigenvalue weighted by Crippen LogP contribution is -2.58. The Morgan fingerprint density at radius 2 is 1.82 bits per heavy atom. The number of aryl methyl sites for hydroxylation is 1. The van der Waals surface area contributed by atoms with Crippen LogP contribution in [0, 0.1) is 35.5 Å². The Morgan fingerprint density at radius 1 is 1.02 bits per heavy atom. The monoisotopic (exact) mass is 749 g/mol. The molecule has 9 heteroatoms. The number of carbonyl (C=O) groups is 1. The van der Waals surface area contributed by atoms with Crippen LogP contribution in [0.4, 0.5) is 0 Å². The van der Waals surface area contributed by atoms with E-state index in [0.717, 1.165) is 48.1 Å². The van der Waals surface area contributed by atoms with Gasteiger partial charge in [-0.2, -0.15) is 4.31 Å². The lowest BCUT2D eigenvalue weighted by molar-refractivity contribution is -0.114. The fourth-order valence-corrected chi connectivity index (χ4v) is 13.9. The predicted molar refractivity (Wildman–Crippen MR) is 207 cm³/mol. The van der Waals surface area contributed by atoms with Gasteiger partial charge in [0.15, 0.2) is 0 Å². The van der Waals surface area contributed by atoms with Crippen molar-refractivity contribution in [2.45, 2.75) is 121 Å². The van der Waals surface area contributed by atoms with Crippen molar-refractivity contribution >= 4 is 38.5 Å². The number of allylic oxidation sites excluding steroid dienone is 2. The number of carbonyl (C=O) groups excluding carboxylic acids is 1. The SMILES string of the molecule is CC1=CCC[C@@]2(C)[C@@H](CC[C@@]2(O)CN(C[C@@H]2CC[C@H]3C[C@@H]2C3(C)C)S(=O)(=O)c2cccs2)c2ccc(cc2C(=O)c2ccc(C)s2)C[C@@H](O)CC1. The Morgan fingerprint density at radius 3 is 2.51 bits per heavy atom. The van der Waals surface area contributed by atoms with E-state index in [1.54, 1.807) is 16.4 Å². The van der Waals surface area contributed by atoms with Gasteiger partial charge in [0, 0.05) is 28.9 Å². The Kier molecular flexibility index (Phi) is 10.2. The third kappa shape index (κ3) is 6.78. The van der Waals surface area contributed by atoms with Gasteiger partial charge in [-0.05, 0) is 148 Å². The number of hydrogen-bond acceptors (Lipinski definition) is 7. The van der Waals surface area contributed by atoms with E-state index in [0.29, 0.717) is 65.1 Å². The minimum atomic E-state index is -3.85. The number of rotatable bonds is 8. The highest BCUT2D eigenvalue weighted by molar-refractivity contribution is 7.91. The Hall–Kier alpha value is -2.14. The van der Waals surface area contributed by atoms with Gasteiger partial charge in [0.25, 0.3) is 10.0 Å². The van der Waals surface area contributed by atoms with Crippen LogP contribution in [-0.4, -0.2) is 53.5 Å². The van der Waals surface area contributed by atoms with Crippen LogP contribution in [0.15, 0.2) is 63.7 Å². The zero-order valence-electron chi connectivity index (χ0n) is 30.9. The maximum Gasteiger partial charge on any atom is 0.252 e. The summed E-state index contributed by atoms with van der Waals surface area (Å²) in [7, 11) is -3.85. The molecule has 2 aromatic heterocycles. The van der Waals surface area contributed by atoms with E-state index in [2.05, 4.69) is 39.8 Å². The molecule has 2 N–H and O–H groups in total. The van der Waals surface area contributed by atoms with Crippen LogP contribution in [0.1, 0.15) is 123 Å². The zero-order chi connectivity index (χ0) is 36.3. The minimum Gasteiger partial charge on any atom is -0.393 e. The Bertz CT molecular complexity index is 1890. The van der Waals surface area contributed by atoms with Gasteiger partial charge in [-0.3, -0.25) is 4.79 Å².